The summed E-state index contributed by atoms with van der Waals surface area (Å²) in [6, 6.07) is 2.22. The van der Waals surface area contributed by atoms with E-state index in [1.54, 1.807) is 17.7 Å². The number of rotatable bonds is 4. The topological polar surface area (TPSA) is 37.8 Å². The average molecular weight is 310 g/mol. The van der Waals surface area contributed by atoms with E-state index >= 15 is 0 Å². The van der Waals surface area contributed by atoms with Crippen molar-refractivity contribution >= 4 is 39.0 Å². The fourth-order valence-electron chi connectivity index (χ4n) is 2.95. The van der Waals surface area contributed by atoms with Gasteiger partial charge < -0.3 is 5.32 Å². The largest absolute Gasteiger partial charge is 0.363 e. The monoisotopic (exact) mass is 309 g/mol. The van der Waals surface area contributed by atoms with Crippen molar-refractivity contribution in [3.8, 4) is 0 Å². The van der Waals surface area contributed by atoms with Crippen LogP contribution in [0.4, 0.5) is 5.82 Å². The van der Waals surface area contributed by atoms with Crippen molar-refractivity contribution in [1.82, 2.24) is 9.97 Å². The molecule has 1 saturated carbocycles. The van der Waals surface area contributed by atoms with Crippen LogP contribution >= 0.6 is 22.9 Å². The van der Waals surface area contributed by atoms with E-state index in [0.717, 1.165) is 35.3 Å². The first-order valence-electron chi connectivity index (χ1n) is 7.34. The van der Waals surface area contributed by atoms with E-state index in [2.05, 4.69) is 28.3 Å². The molecule has 0 atom stereocenters. The molecule has 1 fully saturated rings. The minimum atomic E-state index is 0.00933. The third-order valence-corrected chi connectivity index (χ3v) is 5.88. The number of nitrogens with zero attached hydrogens (tertiary/aromatic N) is 2. The lowest BCUT2D eigenvalue weighted by atomic mass is 9.83. The summed E-state index contributed by atoms with van der Waals surface area (Å²) >= 11 is 8.02. The summed E-state index contributed by atoms with van der Waals surface area (Å²) in [6.07, 6.45) is 8.78. The van der Waals surface area contributed by atoms with Crippen LogP contribution in [0.25, 0.3) is 10.2 Å². The Labute approximate surface area is 128 Å². The normalized spacial score (nSPS) is 18.3. The molecule has 20 heavy (non-hydrogen) atoms. The first kappa shape index (κ1) is 14.1. The third-order valence-electron chi connectivity index (χ3n) is 4.18. The van der Waals surface area contributed by atoms with Gasteiger partial charge in [0.2, 0.25) is 0 Å². The van der Waals surface area contributed by atoms with Gasteiger partial charge in [-0.05, 0) is 25.3 Å². The predicted octanol–water partition coefficient (Wildman–Crippen LogP) is 4.61. The van der Waals surface area contributed by atoms with Gasteiger partial charge in [0, 0.05) is 10.8 Å². The quantitative estimate of drug-likeness (QED) is 0.838. The first-order valence-corrected chi connectivity index (χ1v) is 8.69. The van der Waals surface area contributed by atoms with Gasteiger partial charge in [0.05, 0.1) is 10.9 Å². The number of alkyl halides is 1. The molecular weight excluding hydrogens is 290 g/mol. The molecule has 0 saturated heterocycles. The van der Waals surface area contributed by atoms with Crippen molar-refractivity contribution in [3.63, 3.8) is 0 Å². The van der Waals surface area contributed by atoms with E-state index in [-0.39, 0.29) is 5.54 Å². The van der Waals surface area contributed by atoms with Crippen molar-refractivity contribution < 1.29 is 0 Å². The highest BCUT2D eigenvalue weighted by Crippen LogP contribution is 2.35. The summed E-state index contributed by atoms with van der Waals surface area (Å²) in [4.78, 5) is 11.3. The highest BCUT2D eigenvalue weighted by Gasteiger charge is 2.32. The average Bonchev–Trinajstić information content (AvgIpc) is 2.92. The zero-order chi connectivity index (χ0) is 14.0. The molecule has 0 spiro atoms. The maximum absolute atomic E-state index is 6.27. The molecule has 3 nitrogen and oxygen atoms in total. The van der Waals surface area contributed by atoms with Gasteiger partial charge >= 0.3 is 0 Å². The number of aromatic nitrogens is 2. The van der Waals surface area contributed by atoms with Gasteiger partial charge in [0.15, 0.2) is 0 Å². The second-order valence-electron chi connectivity index (χ2n) is 5.61. The molecular formula is C15H20ClN3S. The Morgan fingerprint density at radius 1 is 1.30 bits per heavy atom. The van der Waals surface area contributed by atoms with E-state index in [9.17, 15) is 0 Å². The van der Waals surface area contributed by atoms with E-state index in [1.165, 1.54) is 24.1 Å². The smallest absolute Gasteiger partial charge is 0.138 e. The number of fused-ring (bicyclic) bond motifs is 1. The molecule has 2 aromatic heterocycles. The molecule has 108 valence electrons. The maximum atomic E-state index is 6.27. The molecule has 1 N–H and O–H groups in total. The van der Waals surface area contributed by atoms with Crippen LogP contribution in [0.3, 0.4) is 0 Å². The van der Waals surface area contributed by atoms with E-state index in [1.807, 2.05) is 0 Å². The van der Waals surface area contributed by atoms with Gasteiger partial charge in [0.25, 0.3) is 0 Å². The van der Waals surface area contributed by atoms with E-state index in [4.69, 9.17) is 11.6 Å². The van der Waals surface area contributed by atoms with Crippen LogP contribution < -0.4 is 5.32 Å². The Morgan fingerprint density at radius 2 is 2.10 bits per heavy atom. The number of aryl methyl sites for hydroxylation is 1. The summed E-state index contributed by atoms with van der Waals surface area (Å²) in [6.45, 7) is 2.17. The minimum Gasteiger partial charge on any atom is -0.363 e. The van der Waals surface area contributed by atoms with Crippen molar-refractivity contribution in [2.45, 2.75) is 51.0 Å². The summed E-state index contributed by atoms with van der Waals surface area (Å²) in [7, 11) is 0. The first-order chi connectivity index (χ1) is 9.76. The second-order valence-corrected chi connectivity index (χ2v) is 6.99. The van der Waals surface area contributed by atoms with Gasteiger partial charge in [-0.1, -0.05) is 26.2 Å². The molecule has 1 aliphatic rings. The van der Waals surface area contributed by atoms with Crippen molar-refractivity contribution in [2.75, 3.05) is 11.2 Å². The number of nitrogens with one attached hydrogen (secondary N) is 1. The van der Waals surface area contributed by atoms with Crippen LogP contribution in [0.1, 0.15) is 43.9 Å². The molecule has 0 aliphatic heterocycles. The Morgan fingerprint density at radius 3 is 2.80 bits per heavy atom. The fourth-order valence-corrected chi connectivity index (χ4v) is 4.22. The van der Waals surface area contributed by atoms with Crippen molar-refractivity contribution in [1.29, 1.82) is 0 Å². The lowest BCUT2D eigenvalue weighted by Gasteiger charge is -2.37. The fraction of sp³-hybridized carbons (Fsp3) is 0.600. The zero-order valence-corrected chi connectivity index (χ0v) is 13.4. The molecule has 5 heteroatoms. The molecule has 2 aromatic rings. The maximum Gasteiger partial charge on any atom is 0.138 e. The van der Waals surface area contributed by atoms with Crippen LogP contribution in [0.5, 0.6) is 0 Å². The van der Waals surface area contributed by atoms with Gasteiger partial charge in [-0.25, -0.2) is 9.97 Å². The molecule has 0 amide bonds. The number of anilines is 1. The van der Waals surface area contributed by atoms with E-state index in [0.29, 0.717) is 5.88 Å². The zero-order valence-electron chi connectivity index (χ0n) is 11.8. The molecule has 0 unspecified atom stereocenters. The number of hydrogen-bond acceptors (Lipinski definition) is 4. The predicted molar refractivity (Wildman–Crippen MR) is 87.0 cm³/mol. The summed E-state index contributed by atoms with van der Waals surface area (Å²) < 4.78 is 0. The highest BCUT2D eigenvalue weighted by atomic mass is 35.5. The lowest BCUT2D eigenvalue weighted by molar-refractivity contribution is 0.353. The van der Waals surface area contributed by atoms with E-state index < -0.39 is 0 Å². The van der Waals surface area contributed by atoms with Gasteiger partial charge in [-0.15, -0.1) is 22.9 Å². The SMILES string of the molecule is CCc1cc2c(NC3(CCl)CCCCC3)ncnc2s1. The summed E-state index contributed by atoms with van der Waals surface area (Å²) in [5.74, 6) is 1.59. The minimum absolute atomic E-state index is 0.00933. The molecule has 0 aromatic carbocycles. The molecule has 2 heterocycles. The van der Waals surface area contributed by atoms with Gasteiger partial charge in [-0.2, -0.15) is 0 Å². The Bertz CT molecular complexity index is 590. The Kier molecular flexibility index (Phi) is 4.13. The molecule has 1 aliphatic carbocycles. The molecule has 3 rings (SSSR count). The Balaban J connectivity index is 1.95. The third kappa shape index (κ3) is 2.63. The van der Waals surface area contributed by atoms with Crippen LogP contribution in [-0.4, -0.2) is 21.4 Å². The van der Waals surface area contributed by atoms with Crippen molar-refractivity contribution in [3.05, 3.63) is 17.3 Å². The Hall–Kier alpha value is -0.870. The van der Waals surface area contributed by atoms with Gasteiger partial charge in [0.1, 0.15) is 17.0 Å². The molecule has 0 radical (unpaired) electrons. The van der Waals surface area contributed by atoms with Gasteiger partial charge in [-0.3, -0.25) is 0 Å². The molecule has 0 bridgehead atoms. The van der Waals surface area contributed by atoms with Crippen LogP contribution in [-0.2, 0) is 6.42 Å². The lowest BCUT2D eigenvalue weighted by Crippen LogP contribution is -2.42. The second kappa shape index (κ2) is 5.86. The van der Waals surface area contributed by atoms with Crippen molar-refractivity contribution in [2.24, 2.45) is 0 Å². The number of thiophene rings is 1. The number of hydrogen-bond donors (Lipinski definition) is 1. The summed E-state index contributed by atoms with van der Waals surface area (Å²) in [5, 5.41) is 4.79. The highest BCUT2D eigenvalue weighted by molar-refractivity contribution is 7.18. The van der Waals surface area contributed by atoms with Crippen LogP contribution in [0.2, 0.25) is 0 Å². The summed E-state index contributed by atoms with van der Waals surface area (Å²) in [5.41, 5.74) is 0.00933. The standard InChI is InChI=1S/C15H20ClN3S/c1-2-11-8-12-13(17-10-18-14(12)20-11)19-15(9-16)6-4-3-5-7-15/h8,10H,2-7,9H2,1H3,(H,17,18,19). The van der Waals surface area contributed by atoms with Crippen LogP contribution in [0, 0.1) is 0 Å². The number of halogens is 1. The van der Waals surface area contributed by atoms with Crippen LogP contribution in [0.15, 0.2) is 12.4 Å².